The van der Waals surface area contributed by atoms with Crippen molar-refractivity contribution in [2.75, 3.05) is 32.1 Å². The number of carbonyl (C=O) groups excluding carboxylic acids is 1. The number of pyridine rings is 1. The van der Waals surface area contributed by atoms with Crippen LogP contribution in [-0.4, -0.2) is 38.1 Å². The molecule has 0 aromatic carbocycles. The van der Waals surface area contributed by atoms with Gasteiger partial charge in [-0.3, -0.25) is 4.79 Å². The Balaban J connectivity index is 0. The third kappa shape index (κ3) is 6.42. The molecule has 1 rings (SSSR count). The van der Waals surface area contributed by atoms with E-state index >= 15 is 0 Å². The van der Waals surface area contributed by atoms with Gasteiger partial charge in [0.1, 0.15) is 5.82 Å². The van der Waals surface area contributed by atoms with Crippen LogP contribution in [0.4, 0.5) is 5.82 Å². The second-order valence-electron chi connectivity index (χ2n) is 3.82. The molecule has 0 spiro atoms. The van der Waals surface area contributed by atoms with Crippen LogP contribution in [0.2, 0.25) is 0 Å². The zero-order chi connectivity index (χ0) is 12.8. The summed E-state index contributed by atoms with van der Waals surface area (Å²) in [7, 11) is 3.71. The highest BCUT2D eigenvalue weighted by molar-refractivity contribution is 9.10. The van der Waals surface area contributed by atoms with E-state index in [1.54, 1.807) is 12.3 Å². The monoisotopic (exact) mass is 372 g/mol. The van der Waals surface area contributed by atoms with Gasteiger partial charge in [0.25, 0.3) is 5.91 Å². The summed E-state index contributed by atoms with van der Waals surface area (Å²) in [5.74, 6) is 0.523. The van der Waals surface area contributed by atoms with E-state index in [1.807, 2.05) is 19.0 Å². The van der Waals surface area contributed by atoms with Crippen LogP contribution in [0.15, 0.2) is 16.7 Å². The first-order valence-electron chi connectivity index (χ1n) is 5.37. The van der Waals surface area contributed by atoms with Gasteiger partial charge in [0.2, 0.25) is 0 Å². The highest BCUT2D eigenvalue weighted by Crippen LogP contribution is 2.19. The predicted octanol–water partition coefficient (Wildman–Crippen LogP) is 1.83. The van der Waals surface area contributed by atoms with Gasteiger partial charge >= 0.3 is 0 Å². The van der Waals surface area contributed by atoms with Gasteiger partial charge in [-0.05, 0) is 35.0 Å². The number of hydrogen-bond acceptors (Lipinski definition) is 4. The van der Waals surface area contributed by atoms with Crippen molar-refractivity contribution in [1.82, 2.24) is 10.3 Å². The van der Waals surface area contributed by atoms with Crippen molar-refractivity contribution in [2.24, 2.45) is 5.73 Å². The first-order chi connectivity index (χ1) is 8.06. The minimum Gasteiger partial charge on any atom is -0.362 e. The highest BCUT2D eigenvalue weighted by Gasteiger charge is 2.14. The van der Waals surface area contributed by atoms with Crippen LogP contribution in [0.25, 0.3) is 0 Å². The average Bonchev–Trinajstić information content (AvgIpc) is 2.28. The van der Waals surface area contributed by atoms with Crippen molar-refractivity contribution >= 4 is 52.5 Å². The topological polar surface area (TPSA) is 71.2 Å². The van der Waals surface area contributed by atoms with Crippen LogP contribution in [-0.2, 0) is 0 Å². The fraction of sp³-hybridized carbons (Fsp3) is 0.455. The van der Waals surface area contributed by atoms with Crippen LogP contribution < -0.4 is 16.0 Å². The maximum atomic E-state index is 12.0. The normalized spacial score (nSPS) is 9.05. The number of anilines is 1. The molecule has 0 radical (unpaired) electrons. The molecule has 0 aliphatic rings. The average molecular weight is 374 g/mol. The summed E-state index contributed by atoms with van der Waals surface area (Å²) in [5.41, 5.74) is 5.93. The summed E-state index contributed by atoms with van der Waals surface area (Å²) in [6, 6.07) is 1.76. The van der Waals surface area contributed by atoms with E-state index < -0.39 is 0 Å². The summed E-state index contributed by atoms with van der Waals surface area (Å²) >= 11 is 3.31. The molecule has 0 bridgehead atoms. The molecule has 0 fully saturated rings. The predicted molar refractivity (Wildman–Crippen MR) is 86.8 cm³/mol. The molecule has 110 valence electrons. The largest absolute Gasteiger partial charge is 0.362 e. The zero-order valence-electron chi connectivity index (χ0n) is 10.9. The highest BCUT2D eigenvalue weighted by atomic mass is 79.9. The molecule has 0 saturated carbocycles. The van der Waals surface area contributed by atoms with Gasteiger partial charge in [-0.15, -0.1) is 24.8 Å². The van der Waals surface area contributed by atoms with Crippen molar-refractivity contribution in [3.63, 3.8) is 0 Å². The first kappa shape index (κ1) is 20.8. The smallest absolute Gasteiger partial charge is 0.255 e. The lowest BCUT2D eigenvalue weighted by Gasteiger charge is -2.15. The zero-order valence-corrected chi connectivity index (χ0v) is 14.1. The number of hydrogen-bond donors (Lipinski definition) is 2. The molecule has 0 aliphatic heterocycles. The molecule has 5 nitrogen and oxygen atoms in total. The molecule has 3 N–H and O–H groups in total. The van der Waals surface area contributed by atoms with Crippen LogP contribution in [0, 0.1) is 0 Å². The Morgan fingerprint density at radius 1 is 1.47 bits per heavy atom. The molecule has 0 unspecified atom stereocenters. The Bertz CT molecular complexity index is 404. The molecule has 0 saturated heterocycles. The second-order valence-corrected chi connectivity index (χ2v) is 4.73. The van der Waals surface area contributed by atoms with Crippen LogP contribution in [0.5, 0.6) is 0 Å². The molecular formula is C11H19BrCl2N4O. The Labute approximate surface area is 134 Å². The number of nitrogens with two attached hydrogens (primary N) is 1. The number of nitrogens with zero attached hydrogens (tertiary/aromatic N) is 2. The van der Waals surface area contributed by atoms with E-state index in [9.17, 15) is 4.79 Å². The molecule has 19 heavy (non-hydrogen) atoms. The molecule has 1 aromatic heterocycles. The Morgan fingerprint density at radius 2 is 2.11 bits per heavy atom. The number of carbonyl (C=O) groups is 1. The van der Waals surface area contributed by atoms with Crippen molar-refractivity contribution in [3.05, 3.63) is 22.3 Å². The summed E-state index contributed by atoms with van der Waals surface area (Å²) in [6.07, 6.45) is 2.44. The lowest BCUT2D eigenvalue weighted by Crippen LogP contribution is -2.28. The van der Waals surface area contributed by atoms with E-state index in [2.05, 4.69) is 26.2 Å². The lowest BCUT2D eigenvalue weighted by atomic mass is 10.2. The molecule has 1 aromatic rings. The van der Waals surface area contributed by atoms with Gasteiger partial charge < -0.3 is 16.0 Å². The van der Waals surface area contributed by atoms with Crippen LogP contribution in [0.3, 0.4) is 0 Å². The number of nitrogens with one attached hydrogen (secondary N) is 1. The van der Waals surface area contributed by atoms with Crippen molar-refractivity contribution in [3.8, 4) is 0 Å². The van der Waals surface area contributed by atoms with Crippen molar-refractivity contribution < 1.29 is 4.79 Å². The van der Waals surface area contributed by atoms with Gasteiger partial charge in [-0.25, -0.2) is 4.98 Å². The van der Waals surface area contributed by atoms with Crippen LogP contribution in [0.1, 0.15) is 16.8 Å². The molecule has 8 heteroatoms. The maximum absolute atomic E-state index is 12.0. The number of aromatic nitrogens is 1. The molecule has 0 atom stereocenters. The fourth-order valence-corrected chi connectivity index (χ4v) is 1.69. The van der Waals surface area contributed by atoms with Crippen LogP contribution >= 0.6 is 40.7 Å². The summed E-state index contributed by atoms with van der Waals surface area (Å²) < 4.78 is 0.784. The van der Waals surface area contributed by atoms with Gasteiger partial charge in [-0.1, -0.05) is 0 Å². The Kier molecular flexibility index (Phi) is 11.2. The Hall–Kier alpha value is -0.560. The van der Waals surface area contributed by atoms with E-state index in [1.165, 1.54) is 0 Å². The van der Waals surface area contributed by atoms with Gasteiger partial charge in [0.05, 0.1) is 5.56 Å². The van der Waals surface area contributed by atoms with Gasteiger partial charge in [0, 0.05) is 31.3 Å². The Morgan fingerprint density at radius 3 is 2.63 bits per heavy atom. The standard InChI is InChI=1S/C11H17BrN4O.2ClH/c1-16(2)10-9(6-8(12)7-15-10)11(17)14-5-3-4-13;;/h6-7H,3-5,13H2,1-2H3,(H,14,17);2*1H. The molecule has 1 heterocycles. The van der Waals surface area contributed by atoms with Gasteiger partial charge in [0.15, 0.2) is 0 Å². The third-order valence-corrected chi connectivity index (χ3v) is 2.60. The minimum absolute atomic E-state index is 0. The minimum atomic E-state index is -0.129. The third-order valence-electron chi connectivity index (χ3n) is 2.17. The van der Waals surface area contributed by atoms with E-state index in [4.69, 9.17) is 5.73 Å². The maximum Gasteiger partial charge on any atom is 0.255 e. The quantitative estimate of drug-likeness (QED) is 0.772. The fourth-order valence-electron chi connectivity index (χ4n) is 1.35. The van der Waals surface area contributed by atoms with Gasteiger partial charge in [-0.2, -0.15) is 0 Å². The van der Waals surface area contributed by atoms with E-state index in [0.717, 1.165) is 10.9 Å². The number of halogens is 3. The lowest BCUT2D eigenvalue weighted by molar-refractivity contribution is 0.0953. The first-order valence-corrected chi connectivity index (χ1v) is 6.16. The molecular weight excluding hydrogens is 355 g/mol. The second kappa shape index (κ2) is 10.3. The summed E-state index contributed by atoms with van der Waals surface area (Å²) in [5, 5.41) is 2.82. The number of rotatable bonds is 5. The number of amides is 1. The SMILES string of the molecule is CN(C)c1ncc(Br)cc1C(=O)NCCCN.Cl.Cl. The van der Waals surface area contributed by atoms with E-state index in [0.29, 0.717) is 24.5 Å². The summed E-state index contributed by atoms with van der Waals surface area (Å²) in [4.78, 5) is 18.0. The molecule has 1 amide bonds. The van der Waals surface area contributed by atoms with Crippen molar-refractivity contribution in [2.45, 2.75) is 6.42 Å². The van der Waals surface area contributed by atoms with E-state index in [-0.39, 0.29) is 30.7 Å². The summed E-state index contributed by atoms with van der Waals surface area (Å²) in [6.45, 7) is 1.15. The van der Waals surface area contributed by atoms with Crippen molar-refractivity contribution in [1.29, 1.82) is 0 Å². The molecule has 0 aliphatic carbocycles.